The van der Waals surface area contributed by atoms with Crippen LogP contribution in [0.5, 0.6) is 17.2 Å². The predicted molar refractivity (Wildman–Crippen MR) is 110 cm³/mol. The smallest absolute Gasteiger partial charge is 0.164 e. The summed E-state index contributed by atoms with van der Waals surface area (Å²) in [6, 6.07) is 1.67. The van der Waals surface area contributed by atoms with Gasteiger partial charge in [-0.2, -0.15) is 0 Å². The lowest BCUT2D eigenvalue weighted by molar-refractivity contribution is 0.381. The summed E-state index contributed by atoms with van der Waals surface area (Å²) in [5.74, 6) is 0.0106. The molecular weight excluding hydrogens is 336 g/mol. The maximum atomic E-state index is 10.4. The molecule has 0 bridgehead atoms. The minimum atomic E-state index is -0.105. The summed E-state index contributed by atoms with van der Waals surface area (Å²) >= 11 is 0. The number of benzene rings is 1. The van der Waals surface area contributed by atoms with Gasteiger partial charge in [0.2, 0.25) is 0 Å². The summed E-state index contributed by atoms with van der Waals surface area (Å²) in [7, 11) is 0. The van der Waals surface area contributed by atoms with Crippen molar-refractivity contribution in [1.82, 2.24) is 0 Å². The summed E-state index contributed by atoms with van der Waals surface area (Å²) in [5.41, 5.74) is 2.39. The molecule has 0 heterocycles. The van der Waals surface area contributed by atoms with Gasteiger partial charge >= 0.3 is 0 Å². The van der Waals surface area contributed by atoms with E-state index in [-0.39, 0.29) is 17.2 Å². The normalized spacial score (nSPS) is 19.2. The van der Waals surface area contributed by atoms with Gasteiger partial charge in [0.05, 0.1) is 0 Å². The SMILES string of the molecule is CCC1(CCCCCc2c(O)cc(CCCCC3(C)CC3)c(O)c2O)CC1. The zero-order valence-corrected chi connectivity index (χ0v) is 17.3. The van der Waals surface area contributed by atoms with Gasteiger partial charge in [-0.1, -0.05) is 39.5 Å². The third kappa shape index (κ3) is 5.33. The van der Waals surface area contributed by atoms with Gasteiger partial charge in [-0.25, -0.2) is 0 Å². The number of hydrogen-bond acceptors (Lipinski definition) is 3. The van der Waals surface area contributed by atoms with E-state index in [0.29, 0.717) is 34.8 Å². The Morgan fingerprint density at radius 2 is 1.48 bits per heavy atom. The van der Waals surface area contributed by atoms with E-state index in [9.17, 15) is 15.3 Å². The van der Waals surface area contributed by atoms with E-state index in [4.69, 9.17) is 0 Å². The van der Waals surface area contributed by atoms with Crippen LogP contribution in [0.3, 0.4) is 0 Å². The highest BCUT2D eigenvalue weighted by atomic mass is 16.3. The molecule has 1 aromatic rings. The van der Waals surface area contributed by atoms with Crippen LogP contribution in [0.25, 0.3) is 0 Å². The van der Waals surface area contributed by atoms with E-state index < -0.39 is 0 Å². The standard InChI is InChI=1S/C24H38O3/c1-3-24(15-16-24)12-7-4-5-10-19-20(25)17-18(21(26)22(19)27)9-6-8-11-23(2)13-14-23/h17,25-27H,3-16H2,1-2H3. The Hall–Kier alpha value is -1.38. The molecule has 3 nitrogen and oxygen atoms in total. The third-order valence-electron chi connectivity index (χ3n) is 7.36. The number of phenols is 3. The van der Waals surface area contributed by atoms with Crippen LogP contribution < -0.4 is 0 Å². The van der Waals surface area contributed by atoms with Crippen molar-refractivity contribution in [3.8, 4) is 17.2 Å². The van der Waals surface area contributed by atoms with Crippen molar-refractivity contribution in [3.63, 3.8) is 0 Å². The highest BCUT2D eigenvalue weighted by Crippen LogP contribution is 2.52. The molecule has 0 unspecified atom stereocenters. The summed E-state index contributed by atoms with van der Waals surface area (Å²) < 4.78 is 0. The number of rotatable bonds is 12. The summed E-state index contributed by atoms with van der Waals surface area (Å²) in [4.78, 5) is 0. The molecule has 0 aromatic heterocycles. The predicted octanol–water partition coefficient (Wildman–Crippen LogP) is 6.61. The Labute approximate surface area is 164 Å². The summed E-state index contributed by atoms with van der Waals surface area (Å²) in [6.07, 6.45) is 16.0. The van der Waals surface area contributed by atoms with E-state index in [1.54, 1.807) is 6.07 Å². The van der Waals surface area contributed by atoms with Crippen LogP contribution in [0.1, 0.15) is 102 Å². The number of hydrogen-bond donors (Lipinski definition) is 3. The van der Waals surface area contributed by atoms with Crippen molar-refractivity contribution in [2.24, 2.45) is 10.8 Å². The second-order valence-corrected chi connectivity index (χ2v) is 9.66. The first kappa shape index (κ1) is 20.4. The molecule has 2 fully saturated rings. The molecule has 0 radical (unpaired) electrons. The van der Waals surface area contributed by atoms with Crippen LogP contribution in [0.4, 0.5) is 0 Å². The Morgan fingerprint density at radius 3 is 2.11 bits per heavy atom. The lowest BCUT2D eigenvalue weighted by Crippen LogP contribution is -1.98. The van der Waals surface area contributed by atoms with Crippen LogP contribution in [0, 0.1) is 10.8 Å². The average Bonchev–Trinajstić information content (AvgIpc) is 3.57. The third-order valence-corrected chi connectivity index (χ3v) is 7.36. The van der Waals surface area contributed by atoms with Gasteiger partial charge < -0.3 is 15.3 Å². The fraction of sp³-hybridized carbons (Fsp3) is 0.750. The van der Waals surface area contributed by atoms with Crippen LogP contribution in [-0.2, 0) is 12.8 Å². The second kappa shape index (κ2) is 8.32. The molecule has 3 heteroatoms. The quantitative estimate of drug-likeness (QED) is 0.219. The second-order valence-electron chi connectivity index (χ2n) is 9.66. The summed E-state index contributed by atoms with van der Waals surface area (Å²) in [5, 5.41) is 31.1. The highest BCUT2D eigenvalue weighted by Gasteiger charge is 2.39. The Bertz CT molecular complexity index is 642. The first-order chi connectivity index (χ1) is 12.9. The molecule has 0 atom stereocenters. The molecule has 2 aliphatic carbocycles. The lowest BCUT2D eigenvalue weighted by Gasteiger charge is -2.14. The maximum absolute atomic E-state index is 10.4. The lowest BCUT2D eigenvalue weighted by atomic mass is 9.94. The van der Waals surface area contributed by atoms with E-state index in [1.807, 2.05) is 0 Å². The summed E-state index contributed by atoms with van der Waals surface area (Å²) in [6.45, 7) is 4.63. The molecule has 2 saturated carbocycles. The van der Waals surface area contributed by atoms with Crippen molar-refractivity contribution in [2.45, 2.75) is 104 Å². The van der Waals surface area contributed by atoms with E-state index in [0.717, 1.165) is 25.7 Å². The van der Waals surface area contributed by atoms with Crippen LogP contribution in [0.15, 0.2) is 6.07 Å². The molecule has 0 aliphatic heterocycles. The van der Waals surface area contributed by atoms with Crippen LogP contribution in [0.2, 0.25) is 0 Å². The van der Waals surface area contributed by atoms with Gasteiger partial charge in [0.25, 0.3) is 0 Å². The molecule has 1 aromatic carbocycles. The van der Waals surface area contributed by atoms with Crippen molar-refractivity contribution in [3.05, 3.63) is 17.2 Å². The maximum Gasteiger partial charge on any atom is 0.164 e. The zero-order valence-electron chi connectivity index (χ0n) is 17.3. The van der Waals surface area contributed by atoms with Gasteiger partial charge in [-0.15, -0.1) is 0 Å². The molecule has 3 N–H and O–H groups in total. The minimum Gasteiger partial charge on any atom is -0.508 e. The first-order valence-electron chi connectivity index (χ1n) is 11.1. The van der Waals surface area contributed by atoms with Crippen molar-refractivity contribution in [1.29, 1.82) is 0 Å². The Kier molecular flexibility index (Phi) is 6.28. The van der Waals surface area contributed by atoms with Crippen LogP contribution in [-0.4, -0.2) is 15.3 Å². The molecular formula is C24H38O3. The molecule has 27 heavy (non-hydrogen) atoms. The van der Waals surface area contributed by atoms with Crippen molar-refractivity contribution in [2.75, 3.05) is 0 Å². The number of phenolic OH excluding ortho intramolecular Hbond substituents is 3. The molecule has 0 amide bonds. The first-order valence-corrected chi connectivity index (χ1v) is 11.1. The van der Waals surface area contributed by atoms with E-state index in [1.165, 1.54) is 51.4 Å². The van der Waals surface area contributed by atoms with Gasteiger partial charge in [0, 0.05) is 11.1 Å². The van der Waals surface area contributed by atoms with E-state index in [2.05, 4.69) is 13.8 Å². The van der Waals surface area contributed by atoms with Gasteiger partial charge in [0.15, 0.2) is 11.5 Å². The monoisotopic (exact) mass is 374 g/mol. The topological polar surface area (TPSA) is 60.7 Å². The zero-order chi connectivity index (χ0) is 19.5. The molecule has 2 aliphatic rings. The van der Waals surface area contributed by atoms with E-state index >= 15 is 0 Å². The Balaban J connectivity index is 1.45. The number of aryl methyl sites for hydroxylation is 1. The highest BCUT2D eigenvalue weighted by molar-refractivity contribution is 5.56. The van der Waals surface area contributed by atoms with Gasteiger partial charge in [-0.05, 0) is 81.1 Å². The van der Waals surface area contributed by atoms with Gasteiger partial charge in [0.1, 0.15) is 5.75 Å². The fourth-order valence-corrected chi connectivity index (χ4v) is 4.44. The largest absolute Gasteiger partial charge is 0.508 e. The van der Waals surface area contributed by atoms with Crippen LogP contribution >= 0.6 is 0 Å². The van der Waals surface area contributed by atoms with Crippen molar-refractivity contribution >= 4 is 0 Å². The molecule has 3 rings (SSSR count). The van der Waals surface area contributed by atoms with Crippen molar-refractivity contribution < 1.29 is 15.3 Å². The molecule has 0 saturated heterocycles. The average molecular weight is 375 g/mol. The minimum absolute atomic E-state index is 0.0247. The van der Waals surface area contributed by atoms with Gasteiger partial charge in [-0.3, -0.25) is 0 Å². The number of aromatic hydroxyl groups is 3. The molecule has 0 spiro atoms. The Morgan fingerprint density at radius 1 is 0.815 bits per heavy atom. The fourth-order valence-electron chi connectivity index (χ4n) is 4.44. The number of unbranched alkanes of at least 4 members (excludes halogenated alkanes) is 3. The molecule has 152 valence electrons.